The van der Waals surface area contributed by atoms with E-state index in [-0.39, 0.29) is 12.1 Å². The molecule has 1 aliphatic rings. The maximum absolute atomic E-state index is 12.2. The molecule has 18 heavy (non-hydrogen) atoms. The maximum atomic E-state index is 12.2. The number of benzene rings is 1. The summed E-state index contributed by atoms with van der Waals surface area (Å²) in [6.07, 6.45) is 0.0558. The summed E-state index contributed by atoms with van der Waals surface area (Å²) in [5, 5.41) is 0. The Kier molecular flexibility index (Phi) is 3.72. The van der Waals surface area contributed by atoms with Gasteiger partial charge in [0.25, 0.3) is 0 Å². The van der Waals surface area contributed by atoms with Crippen LogP contribution in [-0.2, 0) is 4.74 Å². The van der Waals surface area contributed by atoms with Crippen LogP contribution in [0.5, 0.6) is 0 Å². The second-order valence-corrected chi connectivity index (χ2v) is 4.52. The van der Waals surface area contributed by atoms with Crippen LogP contribution in [0.15, 0.2) is 24.3 Å². The third kappa shape index (κ3) is 2.56. The summed E-state index contributed by atoms with van der Waals surface area (Å²) in [5.74, 6) is 0. The van der Waals surface area contributed by atoms with E-state index in [4.69, 9.17) is 10.5 Å². The number of urea groups is 1. The zero-order chi connectivity index (χ0) is 13.1. The molecule has 1 unspecified atom stereocenters. The van der Waals surface area contributed by atoms with Crippen molar-refractivity contribution in [1.82, 2.24) is 4.90 Å². The monoisotopic (exact) mass is 249 g/mol. The molecule has 0 spiro atoms. The van der Waals surface area contributed by atoms with Gasteiger partial charge in [-0.05, 0) is 31.2 Å². The molecule has 1 aromatic rings. The van der Waals surface area contributed by atoms with Crippen molar-refractivity contribution >= 4 is 17.4 Å². The average Bonchev–Trinajstić information content (AvgIpc) is 2.72. The highest BCUT2D eigenvalue weighted by atomic mass is 16.5. The van der Waals surface area contributed by atoms with Gasteiger partial charge in [-0.2, -0.15) is 0 Å². The van der Waals surface area contributed by atoms with Crippen molar-refractivity contribution in [3.63, 3.8) is 0 Å². The number of nitrogens with two attached hydrogens (primary N) is 1. The first-order valence-corrected chi connectivity index (χ1v) is 6.06. The molecule has 0 bridgehead atoms. The van der Waals surface area contributed by atoms with Gasteiger partial charge < -0.3 is 15.4 Å². The fourth-order valence-electron chi connectivity index (χ4n) is 2.03. The maximum Gasteiger partial charge on any atom is 0.324 e. The van der Waals surface area contributed by atoms with Crippen LogP contribution in [0, 0.1) is 0 Å². The molecule has 0 aliphatic carbocycles. The van der Waals surface area contributed by atoms with E-state index in [1.54, 1.807) is 12.0 Å². The minimum atomic E-state index is 0.0312. The van der Waals surface area contributed by atoms with Crippen LogP contribution in [-0.4, -0.2) is 43.8 Å². The summed E-state index contributed by atoms with van der Waals surface area (Å²) in [5.41, 5.74) is 7.24. The Morgan fingerprint density at radius 2 is 2.00 bits per heavy atom. The Morgan fingerprint density at radius 1 is 1.33 bits per heavy atom. The number of carbonyl (C=O) groups excluding carboxylic acids is 1. The second-order valence-electron chi connectivity index (χ2n) is 4.52. The summed E-state index contributed by atoms with van der Waals surface area (Å²) in [4.78, 5) is 15.8. The Balaban J connectivity index is 2.05. The molecule has 1 aliphatic heterocycles. The molecule has 2 rings (SSSR count). The number of carbonyl (C=O) groups is 1. The van der Waals surface area contributed by atoms with Crippen molar-refractivity contribution in [2.24, 2.45) is 0 Å². The van der Waals surface area contributed by atoms with Crippen molar-refractivity contribution in [3.05, 3.63) is 24.3 Å². The fraction of sp³-hybridized carbons (Fsp3) is 0.462. The van der Waals surface area contributed by atoms with Crippen LogP contribution in [0.2, 0.25) is 0 Å². The smallest absolute Gasteiger partial charge is 0.324 e. The number of ether oxygens (including phenoxy) is 1. The minimum Gasteiger partial charge on any atom is -0.399 e. The van der Waals surface area contributed by atoms with Gasteiger partial charge in [-0.15, -0.1) is 0 Å². The Labute approximate surface area is 107 Å². The predicted octanol–water partition coefficient (Wildman–Crippen LogP) is 1.55. The molecule has 98 valence electrons. The largest absolute Gasteiger partial charge is 0.399 e. The third-order valence-electron chi connectivity index (χ3n) is 3.18. The Bertz CT molecular complexity index is 419. The van der Waals surface area contributed by atoms with Crippen LogP contribution < -0.4 is 10.6 Å². The van der Waals surface area contributed by atoms with E-state index in [9.17, 15) is 4.79 Å². The third-order valence-corrected chi connectivity index (χ3v) is 3.18. The second kappa shape index (κ2) is 5.27. The van der Waals surface area contributed by atoms with Gasteiger partial charge in [0, 0.05) is 38.1 Å². The van der Waals surface area contributed by atoms with Gasteiger partial charge >= 0.3 is 6.03 Å². The van der Waals surface area contributed by atoms with E-state index in [1.165, 1.54) is 0 Å². The molecule has 0 radical (unpaired) electrons. The molecule has 1 atom stereocenters. The lowest BCUT2D eigenvalue weighted by atomic mass is 10.2. The Hall–Kier alpha value is -1.75. The molecular formula is C13H19N3O2. The quantitative estimate of drug-likeness (QED) is 0.824. The summed E-state index contributed by atoms with van der Waals surface area (Å²) >= 11 is 0. The number of hydrogen-bond donors (Lipinski definition) is 1. The zero-order valence-electron chi connectivity index (χ0n) is 10.8. The summed E-state index contributed by atoms with van der Waals surface area (Å²) < 4.78 is 5.19. The molecule has 2 amide bonds. The zero-order valence-corrected chi connectivity index (χ0v) is 10.8. The summed E-state index contributed by atoms with van der Waals surface area (Å²) in [7, 11) is 1.66. The van der Waals surface area contributed by atoms with E-state index in [0.717, 1.165) is 12.2 Å². The number of anilines is 2. The van der Waals surface area contributed by atoms with Crippen LogP contribution in [0.25, 0.3) is 0 Å². The van der Waals surface area contributed by atoms with Gasteiger partial charge in [-0.25, -0.2) is 4.79 Å². The molecule has 0 aromatic heterocycles. The van der Waals surface area contributed by atoms with Crippen molar-refractivity contribution in [2.75, 3.05) is 37.4 Å². The first-order valence-electron chi connectivity index (χ1n) is 6.06. The van der Waals surface area contributed by atoms with Gasteiger partial charge in [0.15, 0.2) is 0 Å². The number of amides is 2. The van der Waals surface area contributed by atoms with E-state index < -0.39 is 0 Å². The molecule has 1 heterocycles. The predicted molar refractivity (Wildman–Crippen MR) is 71.6 cm³/mol. The van der Waals surface area contributed by atoms with E-state index in [1.807, 2.05) is 36.1 Å². The standard InChI is InChI=1S/C13H19N3O2/c1-10(18-2)9-15-7-8-16(13(15)17)12-5-3-11(14)4-6-12/h3-6,10H,7-9,14H2,1-2H3. The van der Waals surface area contributed by atoms with Crippen molar-refractivity contribution in [2.45, 2.75) is 13.0 Å². The van der Waals surface area contributed by atoms with Crippen LogP contribution in [0.3, 0.4) is 0 Å². The van der Waals surface area contributed by atoms with E-state index in [2.05, 4.69) is 0 Å². The molecule has 1 fully saturated rings. The van der Waals surface area contributed by atoms with Crippen LogP contribution >= 0.6 is 0 Å². The lowest BCUT2D eigenvalue weighted by molar-refractivity contribution is 0.0922. The fourth-order valence-corrected chi connectivity index (χ4v) is 2.03. The molecule has 1 saturated heterocycles. The molecule has 5 nitrogen and oxygen atoms in total. The number of rotatable bonds is 4. The van der Waals surface area contributed by atoms with Crippen molar-refractivity contribution in [3.8, 4) is 0 Å². The van der Waals surface area contributed by atoms with E-state index >= 15 is 0 Å². The normalized spacial score (nSPS) is 17.3. The Morgan fingerprint density at radius 3 is 2.61 bits per heavy atom. The van der Waals surface area contributed by atoms with Crippen LogP contribution in [0.1, 0.15) is 6.92 Å². The topological polar surface area (TPSA) is 58.8 Å². The average molecular weight is 249 g/mol. The highest BCUT2D eigenvalue weighted by Gasteiger charge is 2.30. The van der Waals surface area contributed by atoms with Gasteiger partial charge in [0.2, 0.25) is 0 Å². The van der Waals surface area contributed by atoms with Gasteiger partial charge in [-0.1, -0.05) is 0 Å². The molecular weight excluding hydrogens is 230 g/mol. The summed E-state index contributed by atoms with van der Waals surface area (Å²) in [6.45, 7) is 4.02. The number of nitrogens with zero attached hydrogens (tertiary/aromatic N) is 2. The highest BCUT2D eigenvalue weighted by molar-refractivity contribution is 5.94. The van der Waals surface area contributed by atoms with Crippen molar-refractivity contribution < 1.29 is 9.53 Å². The van der Waals surface area contributed by atoms with Gasteiger partial charge in [0.05, 0.1) is 6.10 Å². The highest BCUT2D eigenvalue weighted by Crippen LogP contribution is 2.21. The van der Waals surface area contributed by atoms with Gasteiger partial charge in [0.1, 0.15) is 0 Å². The first-order chi connectivity index (χ1) is 8.61. The lowest BCUT2D eigenvalue weighted by Gasteiger charge is -2.21. The van der Waals surface area contributed by atoms with Gasteiger partial charge in [-0.3, -0.25) is 4.90 Å². The molecule has 5 heteroatoms. The molecule has 0 saturated carbocycles. The van der Waals surface area contributed by atoms with E-state index in [0.29, 0.717) is 18.8 Å². The minimum absolute atomic E-state index is 0.0312. The molecule has 1 aromatic carbocycles. The van der Waals surface area contributed by atoms with Crippen LogP contribution in [0.4, 0.5) is 16.2 Å². The number of nitrogen functional groups attached to an aromatic ring is 1. The summed E-state index contributed by atoms with van der Waals surface area (Å²) in [6, 6.07) is 7.39. The SMILES string of the molecule is COC(C)CN1CCN(c2ccc(N)cc2)C1=O. The lowest BCUT2D eigenvalue weighted by Crippen LogP contribution is -2.36. The number of hydrogen-bond acceptors (Lipinski definition) is 3. The van der Waals surface area contributed by atoms with Crippen molar-refractivity contribution in [1.29, 1.82) is 0 Å². The first kappa shape index (κ1) is 12.7. The molecule has 2 N–H and O–H groups in total. The number of methoxy groups -OCH3 is 1.